The first-order chi connectivity index (χ1) is 19.0. The fourth-order valence-electron chi connectivity index (χ4n) is 6.06. The number of alkyl halides is 1. The van der Waals surface area contributed by atoms with Crippen molar-refractivity contribution < 1.29 is 23.8 Å². The summed E-state index contributed by atoms with van der Waals surface area (Å²) in [6.07, 6.45) is 4.16. The van der Waals surface area contributed by atoms with Crippen LogP contribution < -0.4 is 9.47 Å². The number of rotatable bonds is 10. The third-order valence-corrected chi connectivity index (χ3v) is 7.93. The van der Waals surface area contributed by atoms with Gasteiger partial charge in [0.1, 0.15) is 0 Å². The molecule has 0 spiro atoms. The van der Waals surface area contributed by atoms with Crippen LogP contribution in [0, 0.1) is 5.92 Å². The third-order valence-electron chi connectivity index (χ3n) is 7.93. The van der Waals surface area contributed by atoms with Crippen molar-refractivity contribution in [3.63, 3.8) is 0 Å². The number of para-hydroxylation sites is 1. The summed E-state index contributed by atoms with van der Waals surface area (Å²) in [4.78, 5) is 14.1. The average molecular weight is 530 g/mol. The molecule has 0 aromatic heterocycles. The van der Waals surface area contributed by atoms with Crippen LogP contribution in [0.25, 0.3) is 11.1 Å². The lowest BCUT2D eigenvalue weighted by atomic mass is 9.86. The zero-order valence-corrected chi connectivity index (χ0v) is 22.7. The Morgan fingerprint density at radius 1 is 1.00 bits per heavy atom. The Balaban J connectivity index is 1.55. The molecule has 1 aliphatic heterocycles. The first-order valence-electron chi connectivity index (χ1n) is 13.7. The van der Waals surface area contributed by atoms with Crippen LogP contribution in [0.4, 0.5) is 4.39 Å². The van der Waals surface area contributed by atoms with E-state index in [-0.39, 0.29) is 6.67 Å². The molecule has 0 bridgehead atoms. The zero-order chi connectivity index (χ0) is 27.4. The average Bonchev–Trinajstić information content (AvgIpc) is 3.13. The Morgan fingerprint density at radius 2 is 1.79 bits per heavy atom. The van der Waals surface area contributed by atoms with E-state index in [4.69, 9.17) is 9.47 Å². The van der Waals surface area contributed by atoms with Crippen molar-refractivity contribution in [3.05, 3.63) is 94.0 Å². The molecule has 5 nitrogen and oxygen atoms in total. The summed E-state index contributed by atoms with van der Waals surface area (Å²) in [6, 6.07) is 20.3. The highest BCUT2D eigenvalue weighted by molar-refractivity contribution is 6.02. The number of hydrogen-bond acceptors (Lipinski definition) is 4. The fourth-order valence-corrected chi connectivity index (χ4v) is 6.06. The van der Waals surface area contributed by atoms with Gasteiger partial charge < -0.3 is 19.5 Å². The van der Waals surface area contributed by atoms with Crippen LogP contribution in [-0.4, -0.2) is 56.5 Å². The van der Waals surface area contributed by atoms with Crippen molar-refractivity contribution >= 4 is 17.1 Å². The first-order valence-corrected chi connectivity index (χ1v) is 13.7. The molecular formula is C33H36FNO4. The fraction of sp³-hybridized carbons (Fsp3) is 0.364. The molecule has 0 unspecified atom stereocenters. The van der Waals surface area contributed by atoms with Crippen LogP contribution in [0.1, 0.15) is 57.4 Å². The number of nitrogens with zero attached hydrogens (tertiary/aromatic N) is 1. The van der Waals surface area contributed by atoms with Crippen molar-refractivity contribution in [2.45, 2.75) is 32.1 Å². The topological polar surface area (TPSA) is 59.0 Å². The Bertz CT molecular complexity index is 1360. The van der Waals surface area contributed by atoms with Crippen molar-refractivity contribution in [3.8, 4) is 11.5 Å². The zero-order valence-electron chi connectivity index (χ0n) is 22.7. The summed E-state index contributed by atoms with van der Waals surface area (Å²) >= 11 is 0. The number of fused-ring (bicyclic) bond motifs is 1. The Morgan fingerprint density at radius 3 is 2.49 bits per heavy atom. The van der Waals surface area contributed by atoms with Gasteiger partial charge in [-0.1, -0.05) is 42.5 Å². The highest BCUT2D eigenvalue weighted by Crippen LogP contribution is 2.45. The van der Waals surface area contributed by atoms with E-state index in [2.05, 4.69) is 35.2 Å². The third kappa shape index (κ3) is 5.71. The van der Waals surface area contributed by atoms with Gasteiger partial charge in [-0.05, 0) is 89.6 Å². The SMILES string of the molecule is COc1cccc(C2=C(c3ccc(CC4CN(CCCF)C4)cc3)c3ccc(C(=O)O)cc3CCC2)c1OC. The van der Waals surface area contributed by atoms with Crippen LogP contribution in [-0.2, 0) is 12.8 Å². The lowest BCUT2D eigenvalue weighted by Gasteiger charge is -2.39. The number of benzene rings is 3. The van der Waals surface area contributed by atoms with E-state index in [1.807, 2.05) is 24.3 Å². The summed E-state index contributed by atoms with van der Waals surface area (Å²) in [6.45, 7) is 2.67. The van der Waals surface area contributed by atoms with E-state index in [9.17, 15) is 14.3 Å². The summed E-state index contributed by atoms with van der Waals surface area (Å²) < 4.78 is 23.9. The van der Waals surface area contributed by atoms with Crippen molar-refractivity contribution in [2.75, 3.05) is 40.5 Å². The normalized spacial score (nSPS) is 15.9. The smallest absolute Gasteiger partial charge is 0.335 e. The van der Waals surface area contributed by atoms with Crippen LogP contribution in [0.5, 0.6) is 11.5 Å². The minimum atomic E-state index is -0.911. The molecule has 3 aromatic rings. The molecule has 5 rings (SSSR count). The largest absolute Gasteiger partial charge is 0.493 e. The number of carbonyl (C=O) groups is 1. The summed E-state index contributed by atoms with van der Waals surface area (Å²) in [7, 11) is 3.31. The maximum Gasteiger partial charge on any atom is 0.335 e. The number of methoxy groups -OCH3 is 2. The minimum absolute atomic E-state index is 0.247. The van der Waals surface area contributed by atoms with Crippen LogP contribution >= 0.6 is 0 Å². The van der Waals surface area contributed by atoms with Gasteiger partial charge in [0.15, 0.2) is 11.5 Å². The number of aromatic carboxylic acids is 1. The number of aryl methyl sites for hydroxylation is 1. The van der Waals surface area contributed by atoms with Gasteiger partial charge in [0, 0.05) is 25.2 Å². The highest BCUT2D eigenvalue weighted by atomic mass is 19.1. The van der Waals surface area contributed by atoms with Gasteiger partial charge in [-0.2, -0.15) is 0 Å². The monoisotopic (exact) mass is 529 g/mol. The predicted molar refractivity (Wildman–Crippen MR) is 152 cm³/mol. The molecule has 3 aromatic carbocycles. The second-order valence-corrected chi connectivity index (χ2v) is 10.5. The molecule has 1 fully saturated rings. The van der Waals surface area contributed by atoms with E-state index in [1.54, 1.807) is 20.3 Å². The molecule has 0 saturated carbocycles. The van der Waals surface area contributed by atoms with Gasteiger partial charge in [-0.15, -0.1) is 0 Å². The number of halogens is 1. The van der Waals surface area contributed by atoms with Gasteiger partial charge in [-0.25, -0.2) is 4.79 Å². The Kier molecular flexibility index (Phi) is 8.32. The number of carboxylic acid groups (broad SMARTS) is 1. The Labute approximate surface area is 229 Å². The van der Waals surface area contributed by atoms with Crippen molar-refractivity contribution in [2.24, 2.45) is 5.92 Å². The van der Waals surface area contributed by atoms with Gasteiger partial charge >= 0.3 is 5.97 Å². The summed E-state index contributed by atoms with van der Waals surface area (Å²) in [5, 5.41) is 9.62. The number of likely N-dealkylation sites (tertiary alicyclic amines) is 1. The van der Waals surface area contributed by atoms with E-state index in [0.29, 0.717) is 29.4 Å². The van der Waals surface area contributed by atoms with E-state index >= 15 is 0 Å². The standard InChI is InChI=1S/C33H36FNO4/c1-38-30-9-4-8-29(32(30)39-2)28-7-3-6-25-19-26(33(36)37)14-15-27(25)31(28)24-12-10-22(11-13-24)18-23-20-35(21-23)17-5-16-34/h4,8-15,19,23H,3,5-7,16-18,20-21H2,1-2H3,(H,36,37). The van der Waals surface area contributed by atoms with Crippen molar-refractivity contribution in [1.82, 2.24) is 4.90 Å². The molecule has 0 radical (unpaired) electrons. The number of hydrogen-bond donors (Lipinski definition) is 1. The minimum Gasteiger partial charge on any atom is -0.493 e. The second-order valence-electron chi connectivity index (χ2n) is 10.5. The maximum atomic E-state index is 12.5. The van der Waals surface area contributed by atoms with E-state index < -0.39 is 5.97 Å². The number of ether oxygens (including phenoxy) is 2. The summed E-state index contributed by atoms with van der Waals surface area (Å²) in [5.41, 5.74) is 8.09. The lowest BCUT2D eigenvalue weighted by molar-refractivity contribution is 0.0696. The number of carboxylic acids is 1. The molecular weight excluding hydrogens is 493 g/mol. The molecule has 1 N–H and O–H groups in total. The van der Waals surface area contributed by atoms with Gasteiger partial charge in [0.05, 0.1) is 26.5 Å². The van der Waals surface area contributed by atoms with E-state index in [0.717, 1.165) is 73.1 Å². The molecule has 2 aliphatic rings. The Hall–Kier alpha value is -3.64. The van der Waals surface area contributed by atoms with Gasteiger partial charge in [-0.3, -0.25) is 4.39 Å². The van der Waals surface area contributed by atoms with Crippen LogP contribution in [0.2, 0.25) is 0 Å². The van der Waals surface area contributed by atoms with E-state index in [1.165, 1.54) is 11.1 Å². The highest BCUT2D eigenvalue weighted by Gasteiger charge is 2.27. The number of allylic oxidation sites excluding steroid dienone is 1. The molecule has 204 valence electrons. The molecule has 39 heavy (non-hydrogen) atoms. The second kappa shape index (κ2) is 12.0. The summed E-state index contributed by atoms with van der Waals surface area (Å²) in [5.74, 6) is 1.09. The quantitative estimate of drug-likeness (QED) is 0.324. The van der Waals surface area contributed by atoms with Gasteiger partial charge in [0.25, 0.3) is 0 Å². The molecule has 1 aliphatic carbocycles. The molecule has 0 atom stereocenters. The van der Waals surface area contributed by atoms with Gasteiger partial charge in [0.2, 0.25) is 0 Å². The maximum absolute atomic E-state index is 12.5. The van der Waals surface area contributed by atoms with Crippen LogP contribution in [0.15, 0.2) is 60.7 Å². The molecule has 1 saturated heterocycles. The predicted octanol–water partition coefficient (Wildman–Crippen LogP) is 6.53. The molecule has 1 heterocycles. The lowest BCUT2D eigenvalue weighted by Crippen LogP contribution is -2.47. The first kappa shape index (κ1) is 26.9. The van der Waals surface area contributed by atoms with Crippen LogP contribution in [0.3, 0.4) is 0 Å². The van der Waals surface area contributed by atoms with Crippen molar-refractivity contribution in [1.29, 1.82) is 0 Å². The molecule has 6 heteroatoms. The molecule has 0 amide bonds.